The molecule has 0 aliphatic rings. The highest BCUT2D eigenvalue weighted by Crippen LogP contribution is 2.32. The quantitative estimate of drug-likeness (QED) is 0.334. The molecule has 0 fully saturated rings. The number of alkyl halides is 1. The van der Waals surface area contributed by atoms with Crippen molar-refractivity contribution in [2.45, 2.75) is 26.8 Å². The first-order chi connectivity index (χ1) is 12.4. The number of hydrogen-bond donors (Lipinski definition) is 4. The summed E-state index contributed by atoms with van der Waals surface area (Å²) >= 11 is 7.33. The number of hydrogen-bond acceptors (Lipinski definition) is 6. The molecule has 156 valence electrons. The molecule has 1 atom stereocenters. The Labute approximate surface area is 167 Å². The fourth-order valence-corrected chi connectivity index (χ4v) is 3.57. The first-order valence-corrected chi connectivity index (χ1v) is 11.0. The lowest BCUT2D eigenvalue weighted by atomic mass is 10.2. The first kappa shape index (κ1) is 26.0. The standard InChI is InChI=1S/C12H18ClNO2S.C3H8NO5P/c1-8-7-17-10(3)12(8)14(11(15)5-13)9(2)6-16-4;5-3(6)1-4-2-10(7,8)9/h7,9H,5-6H2,1-4H3;4H,1-2H2,(H,5,6)(H2,7,8,9). The number of thiophene rings is 1. The molecule has 0 bridgehead atoms. The SMILES string of the molecule is COCC(C)N(C(=O)CCl)c1c(C)csc1C.O=C(O)CNCP(=O)(O)O. The molecule has 9 nitrogen and oxygen atoms in total. The van der Waals surface area contributed by atoms with Crippen molar-refractivity contribution in [3.05, 3.63) is 15.8 Å². The number of amides is 1. The second-order valence-corrected chi connectivity index (χ2v) is 8.67. The van der Waals surface area contributed by atoms with E-state index >= 15 is 0 Å². The minimum absolute atomic E-state index is 0.0111. The van der Waals surface area contributed by atoms with Crippen LogP contribution in [0.25, 0.3) is 0 Å². The van der Waals surface area contributed by atoms with Gasteiger partial charge in [-0.15, -0.1) is 22.9 Å². The van der Waals surface area contributed by atoms with E-state index < -0.39 is 26.4 Å². The van der Waals surface area contributed by atoms with Gasteiger partial charge in [-0.2, -0.15) is 0 Å². The molecule has 0 aliphatic carbocycles. The maximum atomic E-state index is 12.0. The molecule has 1 amide bonds. The number of carbonyl (C=O) groups excluding carboxylic acids is 1. The number of methoxy groups -OCH3 is 1. The van der Waals surface area contributed by atoms with Crippen molar-refractivity contribution < 1.29 is 33.8 Å². The molecule has 0 saturated carbocycles. The molecule has 12 heteroatoms. The molecular weight excluding hydrogens is 419 g/mol. The number of halogens is 1. The zero-order valence-corrected chi connectivity index (χ0v) is 18.1. The normalized spacial score (nSPS) is 12.1. The van der Waals surface area contributed by atoms with Gasteiger partial charge in [-0.1, -0.05) is 0 Å². The van der Waals surface area contributed by atoms with Crippen molar-refractivity contribution in [1.29, 1.82) is 0 Å². The molecule has 1 rings (SSSR count). The van der Waals surface area contributed by atoms with Crippen LogP contribution in [-0.4, -0.2) is 65.2 Å². The summed E-state index contributed by atoms with van der Waals surface area (Å²) in [6.07, 6.45) is -0.598. The Balaban J connectivity index is 0.000000580. The highest BCUT2D eigenvalue weighted by Gasteiger charge is 2.25. The van der Waals surface area contributed by atoms with Crippen LogP contribution in [0.2, 0.25) is 0 Å². The van der Waals surface area contributed by atoms with Crippen molar-refractivity contribution in [2.24, 2.45) is 0 Å². The monoisotopic (exact) mass is 444 g/mol. The number of aryl methyl sites for hydroxylation is 2. The predicted molar refractivity (Wildman–Crippen MR) is 106 cm³/mol. The van der Waals surface area contributed by atoms with Gasteiger partial charge in [0.2, 0.25) is 5.91 Å². The third-order valence-electron chi connectivity index (χ3n) is 3.19. The number of nitrogens with one attached hydrogen (secondary N) is 1. The Morgan fingerprint density at radius 2 is 2.00 bits per heavy atom. The molecule has 1 aromatic heterocycles. The highest BCUT2D eigenvalue weighted by atomic mass is 35.5. The molecule has 0 aliphatic heterocycles. The number of carboxylic acid groups (broad SMARTS) is 1. The van der Waals surface area contributed by atoms with Crippen LogP contribution in [0.5, 0.6) is 0 Å². The summed E-state index contributed by atoms with van der Waals surface area (Å²) in [6, 6.07) is -0.0155. The second kappa shape index (κ2) is 12.5. The highest BCUT2D eigenvalue weighted by molar-refractivity contribution is 7.51. The zero-order valence-electron chi connectivity index (χ0n) is 15.6. The zero-order chi connectivity index (χ0) is 21.2. The van der Waals surface area contributed by atoms with Crippen LogP contribution in [0.1, 0.15) is 17.4 Å². The van der Waals surface area contributed by atoms with E-state index in [9.17, 15) is 14.2 Å². The first-order valence-electron chi connectivity index (χ1n) is 7.83. The Bertz CT molecular complexity index is 645. The third kappa shape index (κ3) is 10.2. The van der Waals surface area contributed by atoms with Gasteiger partial charge in [0.05, 0.1) is 31.2 Å². The number of rotatable bonds is 9. The van der Waals surface area contributed by atoms with Crippen molar-refractivity contribution in [3.8, 4) is 0 Å². The van der Waals surface area contributed by atoms with Gasteiger partial charge < -0.3 is 24.5 Å². The van der Waals surface area contributed by atoms with E-state index in [1.54, 1.807) is 23.3 Å². The predicted octanol–water partition coefficient (Wildman–Crippen LogP) is 1.77. The van der Waals surface area contributed by atoms with Crippen LogP contribution in [0.3, 0.4) is 0 Å². The summed E-state index contributed by atoms with van der Waals surface area (Å²) in [4.78, 5) is 41.0. The Kier molecular flexibility index (Phi) is 12.0. The molecule has 0 radical (unpaired) electrons. The summed E-state index contributed by atoms with van der Waals surface area (Å²) in [5.41, 5.74) is 2.08. The van der Waals surface area contributed by atoms with Crippen molar-refractivity contribution in [2.75, 3.05) is 37.3 Å². The van der Waals surface area contributed by atoms with Crippen molar-refractivity contribution >= 4 is 48.1 Å². The fourth-order valence-electron chi connectivity index (χ4n) is 2.21. The van der Waals surface area contributed by atoms with E-state index in [1.807, 2.05) is 20.8 Å². The van der Waals surface area contributed by atoms with E-state index in [4.69, 9.17) is 31.2 Å². The van der Waals surface area contributed by atoms with Crippen molar-refractivity contribution in [3.63, 3.8) is 0 Å². The molecule has 27 heavy (non-hydrogen) atoms. The number of aliphatic carboxylic acids is 1. The lowest BCUT2D eigenvalue weighted by Crippen LogP contribution is -2.42. The van der Waals surface area contributed by atoms with Gasteiger partial charge in [0.15, 0.2) is 0 Å². The number of carboxylic acids is 1. The van der Waals surface area contributed by atoms with E-state index in [-0.39, 0.29) is 17.8 Å². The van der Waals surface area contributed by atoms with Gasteiger partial charge in [-0.05, 0) is 31.7 Å². The molecule has 1 unspecified atom stereocenters. The Hall–Kier alpha value is -1.00. The Morgan fingerprint density at radius 1 is 1.41 bits per heavy atom. The molecule has 1 heterocycles. The van der Waals surface area contributed by atoms with Crippen LogP contribution in [0.15, 0.2) is 5.38 Å². The molecule has 0 spiro atoms. The van der Waals surface area contributed by atoms with Crippen LogP contribution in [0, 0.1) is 13.8 Å². The van der Waals surface area contributed by atoms with Gasteiger partial charge in [0.25, 0.3) is 0 Å². The van der Waals surface area contributed by atoms with Gasteiger partial charge >= 0.3 is 13.6 Å². The van der Waals surface area contributed by atoms with E-state index in [0.29, 0.717) is 6.61 Å². The summed E-state index contributed by atoms with van der Waals surface area (Å²) in [5.74, 6) is -1.24. The van der Waals surface area contributed by atoms with Gasteiger partial charge in [0.1, 0.15) is 5.88 Å². The van der Waals surface area contributed by atoms with Gasteiger partial charge in [-0.3, -0.25) is 19.5 Å². The van der Waals surface area contributed by atoms with E-state index in [1.165, 1.54) is 0 Å². The van der Waals surface area contributed by atoms with E-state index in [2.05, 4.69) is 10.7 Å². The summed E-state index contributed by atoms with van der Waals surface area (Å²) in [5, 5.41) is 12.1. The molecule has 1 aromatic rings. The van der Waals surface area contributed by atoms with E-state index in [0.717, 1.165) is 16.1 Å². The minimum Gasteiger partial charge on any atom is -0.480 e. The number of carbonyl (C=O) groups is 2. The van der Waals surface area contributed by atoms with Gasteiger partial charge in [-0.25, -0.2) is 0 Å². The topological polar surface area (TPSA) is 136 Å². The fraction of sp³-hybridized carbons (Fsp3) is 0.600. The maximum absolute atomic E-state index is 12.0. The summed E-state index contributed by atoms with van der Waals surface area (Å²) in [7, 11) is -2.46. The molecule has 0 aromatic carbocycles. The smallest absolute Gasteiger partial charge is 0.339 e. The minimum atomic E-state index is -4.10. The lowest BCUT2D eigenvalue weighted by molar-refractivity contribution is -0.135. The third-order valence-corrected chi connectivity index (χ3v) is 5.07. The van der Waals surface area contributed by atoms with Crippen LogP contribution in [-0.2, 0) is 18.9 Å². The molecule has 4 N–H and O–H groups in total. The number of anilines is 1. The van der Waals surface area contributed by atoms with Crippen LogP contribution in [0.4, 0.5) is 5.69 Å². The molecular formula is C15H26ClN2O7PS. The maximum Gasteiger partial charge on any atom is 0.339 e. The number of nitrogens with zero attached hydrogens (tertiary/aromatic N) is 1. The number of ether oxygens (including phenoxy) is 1. The van der Waals surface area contributed by atoms with Crippen molar-refractivity contribution in [1.82, 2.24) is 5.32 Å². The summed E-state index contributed by atoms with van der Waals surface area (Å²) < 4.78 is 15.2. The Morgan fingerprint density at radius 3 is 2.37 bits per heavy atom. The van der Waals surface area contributed by atoms with Crippen LogP contribution >= 0.6 is 30.5 Å². The summed E-state index contributed by atoms with van der Waals surface area (Å²) in [6.45, 7) is 6.04. The lowest BCUT2D eigenvalue weighted by Gasteiger charge is -2.29. The van der Waals surface area contributed by atoms with Crippen LogP contribution < -0.4 is 10.2 Å². The average molecular weight is 445 g/mol. The molecule has 0 saturated heterocycles. The largest absolute Gasteiger partial charge is 0.480 e. The second-order valence-electron chi connectivity index (χ2n) is 5.67. The van der Waals surface area contributed by atoms with Gasteiger partial charge in [0, 0.05) is 12.0 Å². The average Bonchev–Trinajstić information content (AvgIpc) is 2.86.